The van der Waals surface area contributed by atoms with Gasteiger partial charge < -0.3 is 20.1 Å². The van der Waals surface area contributed by atoms with Gasteiger partial charge >= 0.3 is 6.03 Å². The standard InChI is InChI=1S/C21H29N3O5/c1-21(2)13-15(9-11-29-21)22-18(25)12-17-19(26)24(20(27)23-17)10-8-14-4-6-16(28-3)7-5-14/h4-7,15,17H,8-13H2,1-3H3,(H,22,25)(H,23,27)/t15?,17-/m0/s1. The quantitative estimate of drug-likeness (QED) is 0.675. The molecule has 0 saturated carbocycles. The molecule has 2 aliphatic heterocycles. The van der Waals surface area contributed by atoms with Crippen LogP contribution in [0.4, 0.5) is 4.79 Å². The van der Waals surface area contributed by atoms with Gasteiger partial charge in [0.05, 0.1) is 19.1 Å². The van der Waals surface area contributed by atoms with Gasteiger partial charge in [0, 0.05) is 19.2 Å². The summed E-state index contributed by atoms with van der Waals surface area (Å²) in [5.74, 6) is 0.164. The summed E-state index contributed by atoms with van der Waals surface area (Å²) in [6.07, 6.45) is 1.95. The van der Waals surface area contributed by atoms with Gasteiger partial charge in [0.1, 0.15) is 11.8 Å². The molecule has 8 heteroatoms. The molecule has 1 aromatic rings. The van der Waals surface area contributed by atoms with E-state index < -0.39 is 12.1 Å². The van der Waals surface area contributed by atoms with E-state index in [4.69, 9.17) is 9.47 Å². The Kier molecular flexibility index (Phi) is 6.42. The summed E-state index contributed by atoms with van der Waals surface area (Å²) in [4.78, 5) is 38.4. The minimum Gasteiger partial charge on any atom is -0.497 e. The molecule has 0 bridgehead atoms. The number of amides is 4. The van der Waals surface area contributed by atoms with Crippen LogP contribution in [0.5, 0.6) is 5.75 Å². The number of carbonyl (C=O) groups is 3. The van der Waals surface area contributed by atoms with E-state index in [1.54, 1.807) is 7.11 Å². The summed E-state index contributed by atoms with van der Waals surface area (Å²) in [5, 5.41) is 5.59. The fraction of sp³-hybridized carbons (Fsp3) is 0.571. The molecule has 2 heterocycles. The third-order valence-corrected chi connectivity index (χ3v) is 5.34. The molecule has 0 aliphatic carbocycles. The van der Waals surface area contributed by atoms with E-state index in [1.807, 2.05) is 38.1 Å². The molecule has 4 amide bonds. The predicted octanol–water partition coefficient (Wildman–Crippen LogP) is 1.62. The van der Waals surface area contributed by atoms with E-state index in [0.717, 1.165) is 24.2 Å². The molecule has 2 atom stereocenters. The molecule has 1 aromatic carbocycles. The van der Waals surface area contributed by atoms with Crippen molar-refractivity contribution in [3.63, 3.8) is 0 Å². The Morgan fingerprint density at radius 2 is 2.03 bits per heavy atom. The van der Waals surface area contributed by atoms with Crippen LogP contribution < -0.4 is 15.4 Å². The summed E-state index contributed by atoms with van der Waals surface area (Å²) in [7, 11) is 1.60. The average Bonchev–Trinajstić information content (AvgIpc) is 2.92. The molecule has 3 rings (SSSR count). The Balaban J connectivity index is 1.49. The first-order valence-corrected chi connectivity index (χ1v) is 9.95. The van der Waals surface area contributed by atoms with Crippen molar-refractivity contribution < 1.29 is 23.9 Å². The molecular weight excluding hydrogens is 374 g/mol. The van der Waals surface area contributed by atoms with Crippen LogP contribution in [0.25, 0.3) is 0 Å². The third kappa shape index (κ3) is 5.47. The molecule has 0 radical (unpaired) electrons. The number of rotatable bonds is 7. The first kappa shape index (κ1) is 21.1. The second-order valence-electron chi connectivity index (χ2n) is 8.16. The molecule has 158 valence electrons. The zero-order valence-corrected chi connectivity index (χ0v) is 17.2. The SMILES string of the molecule is COc1ccc(CCN2C(=O)N[C@@H](CC(=O)NC3CCOC(C)(C)C3)C2=O)cc1. The van der Waals surface area contributed by atoms with E-state index >= 15 is 0 Å². The lowest BCUT2D eigenvalue weighted by Gasteiger charge is -2.35. The average molecular weight is 403 g/mol. The van der Waals surface area contributed by atoms with Crippen molar-refractivity contribution in [2.45, 2.75) is 57.2 Å². The maximum atomic E-state index is 12.6. The van der Waals surface area contributed by atoms with E-state index in [0.29, 0.717) is 13.0 Å². The fourth-order valence-electron chi connectivity index (χ4n) is 3.79. The van der Waals surface area contributed by atoms with Crippen LogP contribution in [0.3, 0.4) is 0 Å². The Hall–Kier alpha value is -2.61. The maximum Gasteiger partial charge on any atom is 0.324 e. The lowest BCUT2D eigenvalue weighted by Crippen LogP contribution is -2.47. The van der Waals surface area contributed by atoms with Crippen LogP contribution in [0, 0.1) is 0 Å². The van der Waals surface area contributed by atoms with E-state index in [2.05, 4.69) is 10.6 Å². The summed E-state index contributed by atoms with van der Waals surface area (Å²) in [5.41, 5.74) is 0.723. The number of carbonyl (C=O) groups excluding carboxylic acids is 3. The van der Waals surface area contributed by atoms with Crippen LogP contribution in [0.1, 0.15) is 38.7 Å². The number of imide groups is 1. The highest BCUT2D eigenvalue weighted by atomic mass is 16.5. The lowest BCUT2D eigenvalue weighted by atomic mass is 9.94. The maximum absolute atomic E-state index is 12.6. The highest BCUT2D eigenvalue weighted by Crippen LogP contribution is 2.24. The summed E-state index contributed by atoms with van der Waals surface area (Å²) in [6.45, 7) is 4.85. The molecule has 2 fully saturated rings. The Morgan fingerprint density at radius 3 is 2.69 bits per heavy atom. The first-order valence-electron chi connectivity index (χ1n) is 9.95. The highest BCUT2D eigenvalue weighted by molar-refractivity contribution is 6.05. The van der Waals surface area contributed by atoms with Gasteiger partial charge in [-0.3, -0.25) is 14.5 Å². The highest BCUT2D eigenvalue weighted by Gasteiger charge is 2.39. The van der Waals surface area contributed by atoms with Crippen molar-refractivity contribution >= 4 is 17.8 Å². The van der Waals surface area contributed by atoms with Crippen LogP contribution >= 0.6 is 0 Å². The fourth-order valence-corrected chi connectivity index (χ4v) is 3.79. The summed E-state index contributed by atoms with van der Waals surface area (Å²) < 4.78 is 10.8. The zero-order valence-electron chi connectivity index (χ0n) is 17.2. The van der Waals surface area contributed by atoms with Gasteiger partial charge in [-0.25, -0.2) is 4.79 Å². The van der Waals surface area contributed by atoms with E-state index in [-0.39, 0.29) is 36.4 Å². The van der Waals surface area contributed by atoms with Gasteiger partial charge in [-0.15, -0.1) is 0 Å². The second-order valence-corrected chi connectivity index (χ2v) is 8.16. The number of nitrogens with one attached hydrogen (secondary N) is 2. The molecule has 29 heavy (non-hydrogen) atoms. The van der Waals surface area contributed by atoms with Gasteiger partial charge in [-0.05, 0) is 50.8 Å². The molecule has 0 spiro atoms. The summed E-state index contributed by atoms with van der Waals surface area (Å²) >= 11 is 0. The number of hydrogen-bond donors (Lipinski definition) is 2. The van der Waals surface area contributed by atoms with Crippen molar-refractivity contribution in [1.82, 2.24) is 15.5 Å². The van der Waals surface area contributed by atoms with Crippen molar-refractivity contribution in [2.24, 2.45) is 0 Å². The minimum absolute atomic E-state index is 0.0182. The second kappa shape index (κ2) is 8.82. The Labute approximate surface area is 170 Å². The molecule has 2 saturated heterocycles. The van der Waals surface area contributed by atoms with Crippen molar-refractivity contribution in [2.75, 3.05) is 20.3 Å². The van der Waals surface area contributed by atoms with Crippen molar-refractivity contribution in [1.29, 1.82) is 0 Å². The van der Waals surface area contributed by atoms with Crippen LogP contribution in [0.15, 0.2) is 24.3 Å². The van der Waals surface area contributed by atoms with Crippen molar-refractivity contribution in [3.8, 4) is 5.75 Å². The van der Waals surface area contributed by atoms with E-state index in [1.165, 1.54) is 4.90 Å². The lowest BCUT2D eigenvalue weighted by molar-refractivity contribution is -0.131. The molecule has 8 nitrogen and oxygen atoms in total. The van der Waals surface area contributed by atoms with E-state index in [9.17, 15) is 14.4 Å². The van der Waals surface area contributed by atoms with Gasteiger partial charge in [0.25, 0.3) is 5.91 Å². The van der Waals surface area contributed by atoms with Crippen molar-refractivity contribution in [3.05, 3.63) is 29.8 Å². The number of methoxy groups -OCH3 is 1. The number of nitrogens with zero attached hydrogens (tertiary/aromatic N) is 1. The monoisotopic (exact) mass is 403 g/mol. The van der Waals surface area contributed by atoms with Gasteiger partial charge in [0.2, 0.25) is 5.91 Å². The predicted molar refractivity (Wildman–Crippen MR) is 107 cm³/mol. The number of hydrogen-bond acceptors (Lipinski definition) is 5. The van der Waals surface area contributed by atoms with Gasteiger partial charge in [-0.2, -0.15) is 0 Å². The molecule has 0 aromatic heterocycles. The van der Waals surface area contributed by atoms with Gasteiger partial charge in [-0.1, -0.05) is 12.1 Å². The first-order chi connectivity index (χ1) is 13.8. The molecule has 2 aliphatic rings. The van der Waals surface area contributed by atoms with Crippen LogP contribution in [-0.2, 0) is 20.7 Å². The number of ether oxygens (including phenoxy) is 2. The number of benzene rings is 1. The van der Waals surface area contributed by atoms with Gasteiger partial charge in [0.15, 0.2) is 0 Å². The normalized spacial score (nSPS) is 23.6. The Morgan fingerprint density at radius 1 is 1.31 bits per heavy atom. The topological polar surface area (TPSA) is 97.0 Å². The Bertz CT molecular complexity index is 762. The molecular formula is C21H29N3O5. The van der Waals surface area contributed by atoms with Crippen LogP contribution in [0.2, 0.25) is 0 Å². The summed E-state index contributed by atoms with van der Waals surface area (Å²) in [6, 6.07) is 6.23. The molecule has 1 unspecified atom stereocenters. The zero-order chi connectivity index (χ0) is 21.0. The third-order valence-electron chi connectivity index (χ3n) is 5.34. The van der Waals surface area contributed by atoms with Crippen LogP contribution in [-0.4, -0.2) is 60.7 Å². The molecule has 2 N–H and O–H groups in total. The minimum atomic E-state index is -0.814. The largest absolute Gasteiger partial charge is 0.497 e. The number of urea groups is 1. The smallest absolute Gasteiger partial charge is 0.324 e.